The summed E-state index contributed by atoms with van der Waals surface area (Å²) in [6.45, 7) is 2.77. The number of hydrogen-bond acceptors (Lipinski definition) is 6. The quantitative estimate of drug-likeness (QED) is 0.480. The summed E-state index contributed by atoms with van der Waals surface area (Å²) >= 11 is 1.47. The summed E-state index contributed by atoms with van der Waals surface area (Å²) in [5.41, 5.74) is 3.29. The second-order valence-corrected chi connectivity index (χ2v) is 8.57. The predicted molar refractivity (Wildman–Crippen MR) is 124 cm³/mol. The van der Waals surface area contributed by atoms with E-state index >= 15 is 0 Å². The van der Waals surface area contributed by atoms with Gasteiger partial charge in [-0.05, 0) is 48.2 Å². The highest BCUT2D eigenvalue weighted by Crippen LogP contribution is 2.32. The van der Waals surface area contributed by atoms with E-state index in [-0.39, 0.29) is 17.7 Å². The maximum absolute atomic E-state index is 12.9. The van der Waals surface area contributed by atoms with E-state index in [0.29, 0.717) is 46.9 Å². The van der Waals surface area contributed by atoms with Gasteiger partial charge < -0.3 is 15.0 Å². The van der Waals surface area contributed by atoms with E-state index in [0.717, 1.165) is 5.56 Å². The number of thiophene rings is 1. The molecular formula is C24H19N5O3S. The number of fused-ring (bicyclic) bond motifs is 1. The number of likely N-dealkylation sites (tertiary alicyclic amines) is 1. The molecule has 0 atom stereocenters. The van der Waals surface area contributed by atoms with Crippen molar-refractivity contribution in [1.29, 1.82) is 5.26 Å². The average Bonchev–Trinajstić information content (AvgIpc) is 3.43. The molecule has 0 bridgehead atoms. The number of carbonyl (C=O) groups is 2. The maximum Gasteiger partial charge on any atom is 0.256 e. The van der Waals surface area contributed by atoms with E-state index in [1.807, 2.05) is 12.3 Å². The molecule has 2 amide bonds. The normalized spacial score (nSPS) is 13.4. The van der Waals surface area contributed by atoms with Crippen LogP contribution in [0.5, 0.6) is 11.5 Å². The van der Waals surface area contributed by atoms with Crippen LogP contribution in [-0.4, -0.2) is 39.4 Å². The Labute approximate surface area is 193 Å². The number of nitrogens with one attached hydrogen (secondary N) is 1. The largest absolute Gasteiger partial charge is 0.455 e. The van der Waals surface area contributed by atoms with Crippen molar-refractivity contribution in [2.75, 3.05) is 18.4 Å². The molecule has 3 aromatic heterocycles. The first-order valence-corrected chi connectivity index (χ1v) is 11.2. The van der Waals surface area contributed by atoms with Crippen molar-refractivity contribution in [1.82, 2.24) is 14.5 Å². The molecule has 4 heterocycles. The van der Waals surface area contributed by atoms with E-state index < -0.39 is 0 Å². The molecule has 0 spiro atoms. The Bertz CT molecular complexity index is 1380. The van der Waals surface area contributed by atoms with Crippen molar-refractivity contribution >= 4 is 34.4 Å². The zero-order valence-corrected chi connectivity index (χ0v) is 18.5. The van der Waals surface area contributed by atoms with E-state index in [9.17, 15) is 9.59 Å². The number of nitrogens with zero attached hydrogens (tertiary/aromatic N) is 4. The van der Waals surface area contributed by atoms with Crippen LogP contribution in [0.3, 0.4) is 0 Å². The second-order valence-electron chi connectivity index (χ2n) is 7.79. The topological polar surface area (TPSA) is 99.7 Å². The third kappa shape index (κ3) is 3.92. The van der Waals surface area contributed by atoms with Gasteiger partial charge in [-0.1, -0.05) is 0 Å². The van der Waals surface area contributed by atoms with E-state index in [1.54, 1.807) is 63.6 Å². The molecule has 8 nitrogen and oxygen atoms in total. The molecule has 1 aliphatic heterocycles. The average molecular weight is 458 g/mol. The molecule has 9 heteroatoms. The van der Waals surface area contributed by atoms with Crippen molar-refractivity contribution in [3.05, 3.63) is 76.2 Å². The Balaban J connectivity index is 1.35. The van der Waals surface area contributed by atoms with E-state index in [2.05, 4.69) is 16.5 Å². The van der Waals surface area contributed by atoms with Gasteiger partial charge in [-0.2, -0.15) is 21.7 Å². The molecule has 0 saturated carbocycles. The summed E-state index contributed by atoms with van der Waals surface area (Å²) in [4.78, 5) is 26.7. The van der Waals surface area contributed by atoms with Gasteiger partial charge in [-0.15, -0.1) is 0 Å². The van der Waals surface area contributed by atoms with Crippen LogP contribution in [0.4, 0.5) is 5.69 Å². The van der Waals surface area contributed by atoms with Gasteiger partial charge in [0.05, 0.1) is 29.3 Å². The predicted octanol–water partition coefficient (Wildman–Crippen LogP) is 4.34. The van der Waals surface area contributed by atoms with E-state index in [1.165, 1.54) is 11.3 Å². The fourth-order valence-corrected chi connectivity index (χ4v) is 4.38. The SMILES string of the molecule is Cc1c(C(=O)N2CC(C#N)C2)cn2nccc(Oc3ccc(NC(=O)c4ccsc4)cc3)c12. The van der Waals surface area contributed by atoms with Crippen molar-refractivity contribution in [3.63, 3.8) is 0 Å². The minimum Gasteiger partial charge on any atom is -0.455 e. The van der Waals surface area contributed by atoms with Crippen LogP contribution in [0.15, 0.2) is 59.6 Å². The second kappa shape index (κ2) is 8.41. The van der Waals surface area contributed by atoms with Gasteiger partial charge in [0.25, 0.3) is 11.8 Å². The summed E-state index contributed by atoms with van der Waals surface area (Å²) in [6.07, 6.45) is 3.31. The first-order chi connectivity index (χ1) is 16.0. The standard InChI is InChI=1S/C24H19N5O3S/c1-15-20(24(31)28-11-16(10-25)12-28)13-29-22(15)21(6-8-26-29)32-19-4-2-18(3-5-19)27-23(30)17-7-9-33-14-17/h2-9,13-14,16H,11-12H2,1H3,(H,27,30). The molecule has 1 N–H and O–H groups in total. The highest BCUT2D eigenvalue weighted by atomic mass is 32.1. The van der Waals surface area contributed by atoms with Crippen LogP contribution in [0, 0.1) is 24.2 Å². The Kier molecular flexibility index (Phi) is 5.28. The highest BCUT2D eigenvalue weighted by Gasteiger charge is 2.32. The van der Waals surface area contributed by atoms with Crippen molar-refractivity contribution in [2.24, 2.45) is 5.92 Å². The molecule has 5 rings (SSSR count). The molecule has 0 radical (unpaired) electrons. The lowest BCUT2D eigenvalue weighted by molar-refractivity contribution is 0.0576. The number of nitriles is 1. The number of aryl methyl sites for hydroxylation is 1. The number of benzene rings is 1. The molecule has 0 unspecified atom stereocenters. The van der Waals surface area contributed by atoms with Gasteiger partial charge in [-0.25, -0.2) is 4.52 Å². The number of carbonyl (C=O) groups excluding carboxylic acids is 2. The molecular weight excluding hydrogens is 438 g/mol. The fraction of sp³-hybridized carbons (Fsp3) is 0.167. The van der Waals surface area contributed by atoms with Crippen LogP contribution in [0.1, 0.15) is 26.3 Å². The third-order valence-electron chi connectivity index (χ3n) is 5.60. The maximum atomic E-state index is 12.9. The van der Waals surface area contributed by atoms with Crippen LogP contribution < -0.4 is 10.1 Å². The summed E-state index contributed by atoms with van der Waals surface area (Å²) in [7, 11) is 0. The monoisotopic (exact) mass is 457 g/mol. The molecule has 1 aromatic carbocycles. The fourth-order valence-electron chi connectivity index (χ4n) is 3.75. The zero-order valence-electron chi connectivity index (χ0n) is 17.7. The Morgan fingerprint density at radius 1 is 1.21 bits per heavy atom. The number of anilines is 1. The van der Waals surface area contributed by atoms with Gasteiger partial charge >= 0.3 is 0 Å². The third-order valence-corrected chi connectivity index (χ3v) is 6.28. The number of ether oxygens (including phenoxy) is 1. The molecule has 1 aliphatic rings. The minimum atomic E-state index is -0.162. The Morgan fingerprint density at radius 2 is 2.00 bits per heavy atom. The number of rotatable bonds is 5. The van der Waals surface area contributed by atoms with Gasteiger partial charge in [0.2, 0.25) is 0 Å². The van der Waals surface area contributed by atoms with Crippen LogP contribution in [-0.2, 0) is 0 Å². The van der Waals surface area contributed by atoms with E-state index in [4.69, 9.17) is 10.00 Å². The van der Waals surface area contributed by atoms with Crippen LogP contribution in [0.25, 0.3) is 5.52 Å². The number of aromatic nitrogens is 2. The van der Waals surface area contributed by atoms with Crippen molar-refractivity contribution < 1.29 is 14.3 Å². The lowest BCUT2D eigenvalue weighted by Gasteiger charge is -2.35. The molecule has 33 heavy (non-hydrogen) atoms. The smallest absolute Gasteiger partial charge is 0.256 e. The van der Waals surface area contributed by atoms with Gasteiger partial charge in [-0.3, -0.25) is 9.59 Å². The summed E-state index contributed by atoms with van der Waals surface area (Å²) in [5, 5.41) is 19.8. The van der Waals surface area contributed by atoms with Crippen LogP contribution in [0.2, 0.25) is 0 Å². The Morgan fingerprint density at radius 3 is 2.70 bits per heavy atom. The van der Waals surface area contributed by atoms with Gasteiger partial charge in [0.1, 0.15) is 11.3 Å². The molecule has 4 aromatic rings. The molecule has 1 fully saturated rings. The van der Waals surface area contributed by atoms with Crippen molar-refractivity contribution in [3.8, 4) is 17.6 Å². The molecule has 0 aliphatic carbocycles. The molecule has 1 saturated heterocycles. The summed E-state index contributed by atoms with van der Waals surface area (Å²) < 4.78 is 7.73. The van der Waals surface area contributed by atoms with Gasteiger partial charge in [0, 0.05) is 36.4 Å². The number of hydrogen-bond donors (Lipinski definition) is 1. The first kappa shape index (κ1) is 20.7. The lowest BCUT2D eigenvalue weighted by atomic mass is 10.0. The zero-order chi connectivity index (χ0) is 22.9. The summed E-state index contributed by atoms with van der Waals surface area (Å²) in [5.74, 6) is 0.785. The van der Waals surface area contributed by atoms with Crippen LogP contribution >= 0.6 is 11.3 Å². The van der Waals surface area contributed by atoms with Gasteiger partial charge in [0.15, 0.2) is 5.75 Å². The number of amides is 2. The van der Waals surface area contributed by atoms with Crippen molar-refractivity contribution in [2.45, 2.75) is 6.92 Å². The minimum absolute atomic E-state index is 0.0960. The lowest BCUT2D eigenvalue weighted by Crippen LogP contribution is -2.49. The first-order valence-electron chi connectivity index (χ1n) is 10.3. The Hall–Kier alpha value is -4.16. The molecule has 164 valence electrons. The highest BCUT2D eigenvalue weighted by molar-refractivity contribution is 7.08. The summed E-state index contributed by atoms with van der Waals surface area (Å²) in [6, 6.07) is 12.8.